The van der Waals surface area contributed by atoms with Gasteiger partial charge in [-0.15, -0.1) is 23.5 Å². The van der Waals surface area contributed by atoms with Crippen LogP contribution in [0, 0.1) is 0 Å². The molecule has 0 aromatic heterocycles. The van der Waals surface area contributed by atoms with Crippen LogP contribution >= 0.6 is 23.5 Å². The first-order valence-electron chi connectivity index (χ1n) is 6.77. The molecule has 0 radical (unpaired) electrons. The maximum absolute atomic E-state index is 13.0. The number of methoxy groups -OCH3 is 1. The van der Waals surface area contributed by atoms with Gasteiger partial charge < -0.3 is 4.74 Å². The quantitative estimate of drug-likeness (QED) is 0.551. The van der Waals surface area contributed by atoms with Crippen LogP contribution in [0.15, 0.2) is 58.8 Å². The Balaban J connectivity index is 2.49. The van der Waals surface area contributed by atoms with Gasteiger partial charge in [-0.2, -0.15) is 0 Å². The van der Waals surface area contributed by atoms with E-state index in [4.69, 9.17) is 4.74 Å². The first kappa shape index (κ1) is 16.7. The van der Waals surface area contributed by atoms with Crippen LogP contribution in [0.2, 0.25) is 0 Å². The average molecular weight is 330 g/mol. The van der Waals surface area contributed by atoms with Gasteiger partial charge in [-0.05, 0) is 42.3 Å². The van der Waals surface area contributed by atoms with Crippen molar-refractivity contribution in [3.05, 3.63) is 70.0 Å². The van der Waals surface area contributed by atoms with E-state index in [0.29, 0.717) is 5.56 Å². The molecule has 0 atom stereocenters. The summed E-state index contributed by atoms with van der Waals surface area (Å²) in [6.07, 6.45) is 3.99. The summed E-state index contributed by atoms with van der Waals surface area (Å²) in [5.74, 6) is 0.782. The molecule has 0 saturated carbocycles. The molecule has 0 saturated heterocycles. The number of carbonyl (C=O) groups excluding carboxylic acids is 1. The van der Waals surface area contributed by atoms with Crippen LogP contribution in [-0.2, 0) is 0 Å². The van der Waals surface area contributed by atoms with E-state index in [-0.39, 0.29) is 5.78 Å². The van der Waals surface area contributed by atoms with Gasteiger partial charge in [0.2, 0.25) is 0 Å². The topological polar surface area (TPSA) is 26.3 Å². The monoisotopic (exact) mass is 330 g/mol. The Bertz CT molecular complexity index is 655. The molecule has 0 fully saturated rings. The van der Waals surface area contributed by atoms with E-state index in [1.54, 1.807) is 30.6 Å². The summed E-state index contributed by atoms with van der Waals surface area (Å²) >= 11 is 3.20. The van der Waals surface area contributed by atoms with Crippen molar-refractivity contribution in [2.24, 2.45) is 0 Å². The van der Waals surface area contributed by atoms with E-state index in [2.05, 4.69) is 0 Å². The van der Waals surface area contributed by atoms with Crippen molar-refractivity contribution in [2.45, 2.75) is 0 Å². The molecule has 0 heterocycles. The van der Waals surface area contributed by atoms with Crippen molar-refractivity contribution in [2.75, 3.05) is 19.6 Å². The zero-order valence-corrected chi connectivity index (χ0v) is 14.5. The largest absolute Gasteiger partial charge is 0.497 e. The molecular weight excluding hydrogens is 312 g/mol. The lowest BCUT2D eigenvalue weighted by Gasteiger charge is -2.12. The van der Waals surface area contributed by atoms with Gasteiger partial charge in [0, 0.05) is 11.1 Å². The van der Waals surface area contributed by atoms with Crippen LogP contribution in [0.3, 0.4) is 0 Å². The molecule has 4 heteroatoms. The van der Waals surface area contributed by atoms with E-state index >= 15 is 0 Å². The van der Waals surface area contributed by atoms with Gasteiger partial charge in [-0.1, -0.05) is 30.3 Å². The highest BCUT2D eigenvalue weighted by Gasteiger charge is 2.18. The molecule has 2 aromatic carbocycles. The third kappa shape index (κ3) is 3.76. The van der Waals surface area contributed by atoms with E-state index in [1.165, 1.54) is 0 Å². The van der Waals surface area contributed by atoms with Crippen LogP contribution in [0.25, 0.3) is 5.57 Å². The fraction of sp³-hybridized carbons (Fsp3) is 0.167. The molecular formula is C18H18O2S2. The van der Waals surface area contributed by atoms with E-state index in [9.17, 15) is 4.79 Å². The molecule has 2 aromatic rings. The molecule has 0 amide bonds. The number of benzene rings is 2. The lowest BCUT2D eigenvalue weighted by Crippen LogP contribution is -2.04. The van der Waals surface area contributed by atoms with Gasteiger partial charge in [-0.3, -0.25) is 4.79 Å². The molecule has 0 N–H and O–H groups in total. The third-order valence-corrected chi connectivity index (χ3v) is 5.37. The van der Waals surface area contributed by atoms with Gasteiger partial charge in [0.15, 0.2) is 5.78 Å². The normalized spacial score (nSPS) is 10.1. The van der Waals surface area contributed by atoms with Crippen molar-refractivity contribution in [1.29, 1.82) is 0 Å². The van der Waals surface area contributed by atoms with Crippen LogP contribution in [0.5, 0.6) is 5.75 Å². The Morgan fingerprint density at radius 3 is 1.95 bits per heavy atom. The van der Waals surface area contributed by atoms with E-state index < -0.39 is 0 Å². The standard InChI is InChI=1S/C18H18O2S2/c1-20-15-11-9-14(10-12-15)17(19)16(18(21-2)22-3)13-7-5-4-6-8-13/h4-12H,1-3H3. The average Bonchev–Trinajstić information content (AvgIpc) is 2.60. The number of Topliss-reactive ketones (excluding diaryl/α,β-unsaturated/α-hetero) is 1. The minimum atomic E-state index is 0.0348. The number of ketones is 1. The SMILES string of the molecule is COc1ccc(C(=O)C(=C(SC)SC)c2ccccc2)cc1. The summed E-state index contributed by atoms with van der Waals surface area (Å²) in [6, 6.07) is 17.1. The van der Waals surface area contributed by atoms with Gasteiger partial charge in [0.25, 0.3) is 0 Å². The second-order valence-electron chi connectivity index (χ2n) is 4.49. The second kappa shape index (κ2) is 8.11. The number of hydrogen-bond donors (Lipinski definition) is 0. The maximum atomic E-state index is 13.0. The van der Waals surface area contributed by atoms with Crippen LogP contribution in [0.4, 0.5) is 0 Å². The fourth-order valence-electron chi connectivity index (χ4n) is 2.12. The highest BCUT2D eigenvalue weighted by molar-refractivity contribution is 8.22. The molecule has 22 heavy (non-hydrogen) atoms. The minimum Gasteiger partial charge on any atom is -0.497 e. The van der Waals surface area contributed by atoms with Gasteiger partial charge in [0.1, 0.15) is 5.75 Å². The van der Waals surface area contributed by atoms with Crippen LogP contribution in [-0.4, -0.2) is 25.4 Å². The summed E-state index contributed by atoms with van der Waals surface area (Å²) in [4.78, 5) is 13.0. The number of ether oxygens (including phenoxy) is 1. The van der Waals surface area contributed by atoms with Crippen molar-refractivity contribution < 1.29 is 9.53 Å². The zero-order valence-electron chi connectivity index (χ0n) is 12.8. The third-order valence-electron chi connectivity index (χ3n) is 3.22. The predicted octanol–water partition coefficient (Wildman–Crippen LogP) is 4.97. The molecule has 2 nitrogen and oxygen atoms in total. The predicted molar refractivity (Wildman–Crippen MR) is 97.7 cm³/mol. The number of thioether (sulfide) groups is 2. The van der Waals surface area contributed by atoms with E-state index in [1.807, 2.05) is 67.1 Å². The number of rotatable bonds is 6. The smallest absolute Gasteiger partial charge is 0.195 e. The Kier molecular flexibility index (Phi) is 6.16. The number of hydrogen-bond acceptors (Lipinski definition) is 4. The minimum absolute atomic E-state index is 0.0348. The first-order chi connectivity index (χ1) is 10.7. The molecule has 2 rings (SSSR count). The summed E-state index contributed by atoms with van der Waals surface area (Å²) < 4.78 is 6.17. The van der Waals surface area contributed by atoms with Crippen molar-refractivity contribution in [3.8, 4) is 5.75 Å². The van der Waals surface area contributed by atoms with Crippen molar-refractivity contribution in [1.82, 2.24) is 0 Å². The Morgan fingerprint density at radius 2 is 1.45 bits per heavy atom. The summed E-state index contributed by atoms with van der Waals surface area (Å²) in [6.45, 7) is 0. The lowest BCUT2D eigenvalue weighted by atomic mass is 9.98. The van der Waals surface area contributed by atoms with Gasteiger partial charge >= 0.3 is 0 Å². The lowest BCUT2D eigenvalue weighted by molar-refractivity contribution is 0.105. The highest BCUT2D eigenvalue weighted by Crippen LogP contribution is 2.35. The number of allylic oxidation sites excluding steroid dienone is 1. The summed E-state index contributed by atoms with van der Waals surface area (Å²) in [5, 5.41) is 0. The van der Waals surface area contributed by atoms with Crippen molar-refractivity contribution >= 4 is 34.9 Å². The summed E-state index contributed by atoms with van der Waals surface area (Å²) in [7, 11) is 1.62. The van der Waals surface area contributed by atoms with Crippen LogP contribution < -0.4 is 4.74 Å². The van der Waals surface area contributed by atoms with Crippen LogP contribution in [0.1, 0.15) is 15.9 Å². The maximum Gasteiger partial charge on any atom is 0.195 e. The first-order valence-corrected chi connectivity index (χ1v) is 9.22. The van der Waals surface area contributed by atoms with Crippen molar-refractivity contribution in [3.63, 3.8) is 0 Å². The zero-order chi connectivity index (χ0) is 15.9. The molecule has 0 unspecified atom stereocenters. The molecule has 114 valence electrons. The van der Waals surface area contributed by atoms with E-state index in [0.717, 1.165) is 21.1 Å². The Hall–Kier alpha value is -1.65. The molecule has 0 bridgehead atoms. The molecule has 0 aliphatic carbocycles. The summed E-state index contributed by atoms with van der Waals surface area (Å²) in [5.41, 5.74) is 2.37. The Morgan fingerprint density at radius 1 is 0.864 bits per heavy atom. The molecule has 0 spiro atoms. The van der Waals surface area contributed by atoms with Gasteiger partial charge in [-0.25, -0.2) is 0 Å². The Labute approximate surface area is 140 Å². The fourth-order valence-corrected chi connectivity index (χ4v) is 3.62. The highest BCUT2D eigenvalue weighted by atomic mass is 32.2. The molecule has 0 aliphatic heterocycles. The number of carbonyl (C=O) groups is 1. The second-order valence-corrected chi connectivity index (χ2v) is 6.39. The van der Waals surface area contributed by atoms with Gasteiger partial charge in [0.05, 0.1) is 11.3 Å². The molecule has 0 aliphatic rings.